The molecule has 80 valence electrons. The van der Waals surface area contributed by atoms with E-state index in [1.54, 1.807) is 0 Å². The summed E-state index contributed by atoms with van der Waals surface area (Å²) in [5.74, 6) is 5.17. The number of nitrogens with one attached hydrogen (secondary N) is 1. The minimum absolute atomic E-state index is 0.0678. The van der Waals surface area contributed by atoms with Gasteiger partial charge in [0.2, 0.25) is 0 Å². The van der Waals surface area contributed by atoms with Gasteiger partial charge in [-0.2, -0.15) is 0 Å². The lowest BCUT2D eigenvalue weighted by atomic mass is 9.95. The molecule has 0 unspecified atom stereocenters. The fourth-order valence-corrected chi connectivity index (χ4v) is 2.58. The molecule has 1 saturated heterocycles. The van der Waals surface area contributed by atoms with Gasteiger partial charge in [0, 0.05) is 6.54 Å². The van der Waals surface area contributed by atoms with Crippen LogP contribution in [0.25, 0.3) is 0 Å². The molecule has 1 aliphatic heterocycles. The molecule has 1 heterocycles. The van der Waals surface area contributed by atoms with Crippen LogP contribution < -0.4 is 11.3 Å². The lowest BCUT2D eigenvalue weighted by molar-refractivity contribution is -0.0423. The minimum Gasteiger partial charge on any atom is -0.377 e. The van der Waals surface area contributed by atoms with Crippen molar-refractivity contribution in [3.8, 4) is 0 Å². The Bertz CT molecular complexity index is 226. The highest BCUT2D eigenvalue weighted by atomic mass is 16.5. The number of nitrogens with zero attached hydrogens (tertiary/aromatic N) is 1. The van der Waals surface area contributed by atoms with Gasteiger partial charge in [-0.25, -0.2) is 10.6 Å². The number of amides is 2. The van der Waals surface area contributed by atoms with Gasteiger partial charge in [0.1, 0.15) is 0 Å². The first-order valence-electron chi connectivity index (χ1n) is 5.14. The average Bonchev–Trinajstić information content (AvgIpc) is 2.67. The number of hydrazine groups is 1. The van der Waals surface area contributed by atoms with E-state index in [0.717, 1.165) is 12.8 Å². The molecule has 0 radical (unpaired) electrons. The molecule has 14 heavy (non-hydrogen) atoms. The topological polar surface area (TPSA) is 67.6 Å². The number of rotatable bonds is 0. The SMILES string of the molecule is NNC(=O)N1CCOCC12CCCC2. The fraction of sp³-hybridized carbons (Fsp3) is 0.889. The van der Waals surface area contributed by atoms with Crippen molar-refractivity contribution in [1.82, 2.24) is 10.3 Å². The number of nitrogens with two attached hydrogens (primary N) is 1. The predicted molar refractivity (Wildman–Crippen MR) is 51.4 cm³/mol. The quantitative estimate of drug-likeness (QED) is 0.333. The molecule has 0 aromatic carbocycles. The van der Waals surface area contributed by atoms with Crippen molar-refractivity contribution in [3.05, 3.63) is 0 Å². The summed E-state index contributed by atoms with van der Waals surface area (Å²) in [6.07, 6.45) is 4.44. The van der Waals surface area contributed by atoms with Crippen molar-refractivity contribution in [3.63, 3.8) is 0 Å². The Hall–Kier alpha value is -0.810. The molecule has 1 aliphatic carbocycles. The Morgan fingerprint density at radius 2 is 2.14 bits per heavy atom. The van der Waals surface area contributed by atoms with E-state index in [2.05, 4.69) is 5.43 Å². The maximum absolute atomic E-state index is 11.6. The zero-order valence-electron chi connectivity index (χ0n) is 8.29. The summed E-state index contributed by atoms with van der Waals surface area (Å²) in [6.45, 7) is 1.94. The van der Waals surface area contributed by atoms with Gasteiger partial charge in [-0.15, -0.1) is 0 Å². The van der Waals surface area contributed by atoms with Crippen molar-refractivity contribution in [1.29, 1.82) is 0 Å². The molecule has 2 aliphatic rings. The number of carbonyl (C=O) groups excluding carboxylic acids is 1. The molecule has 1 spiro atoms. The van der Waals surface area contributed by atoms with Gasteiger partial charge < -0.3 is 9.64 Å². The molecule has 0 atom stereocenters. The Morgan fingerprint density at radius 1 is 1.43 bits per heavy atom. The highest BCUT2D eigenvalue weighted by Gasteiger charge is 2.44. The molecule has 2 amide bonds. The molecule has 3 N–H and O–H groups in total. The van der Waals surface area contributed by atoms with E-state index < -0.39 is 0 Å². The maximum Gasteiger partial charge on any atom is 0.332 e. The lowest BCUT2D eigenvalue weighted by Gasteiger charge is -2.44. The summed E-state index contributed by atoms with van der Waals surface area (Å²) >= 11 is 0. The van der Waals surface area contributed by atoms with Crippen LogP contribution in [0.15, 0.2) is 0 Å². The van der Waals surface area contributed by atoms with Crippen LogP contribution in [0.4, 0.5) is 4.79 Å². The molecule has 2 rings (SSSR count). The number of ether oxygens (including phenoxy) is 1. The zero-order chi connectivity index (χ0) is 10.0. The summed E-state index contributed by atoms with van der Waals surface area (Å²) in [4.78, 5) is 13.4. The van der Waals surface area contributed by atoms with Gasteiger partial charge in [-0.1, -0.05) is 12.8 Å². The van der Waals surface area contributed by atoms with E-state index in [1.165, 1.54) is 12.8 Å². The number of hydrogen-bond donors (Lipinski definition) is 2. The first-order valence-corrected chi connectivity index (χ1v) is 5.14. The Labute approximate surface area is 83.5 Å². The molecule has 0 bridgehead atoms. The van der Waals surface area contributed by atoms with Gasteiger partial charge in [0.15, 0.2) is 0 Å². The fourth-order valence-electron chi connectivity index (χ4n) is 2.58. The van der Waals surface area contributed by atoms with Gasteiger partial charge in [-0.3, -0.25) is 5.43 Å². The van der Waals surface area contributed by atoms with E-state index in [1.807, 2.05) is 4.90 Å². The molecular weight excluding hydrogens is 182 g/mol. The predicted octanol–water partition coefficient (Wildman–Crippen LogP) is 0.215. The monoisotopic (exact) mass is 199 g/mol. The van der Waals surface area contributed by atoms with Crippen LogP contribution in [-0.4, -0.2) is 36.2 Å². The normalized spacial score (nSPS) is 25.4. The molecule has 5 nitrogen and oxygen atoms in total. The molecule has 5 heteroatoms. The van der Waals surface area contributed by atoms with E-state index in [0.29, 0.717) is 19.8 Å². The lowest BCUT2D eigenvalue weighted by Crippen LogP contribution is -2.61. The second-order valence-corrected chi connectivity index (χ2v) is 4.09. The standard InChI is InChI=1S/C9H17N3O2/c10-11-8(13)12-5-6-14-7-9(12)3-1-2-4-9/h1-7,10H2,(H,11,13). The van der Waals surface area contributed by atoms with Crippen molar-refractivity contribution in [2.24, 2.45) is 5.84 Å². The van der Waals surface area contributed by atoms with Crippen LogP contribution in [0.3, 0.4) is 0 Å². The van der Waals surface area contributed by atoms with Gasteiger partial charge >= 0.3 is 6.03 Å². The Balaban J connectivity index is 2.14. The van der Waals surface area contributed by atoms with E-state index in [9.17, 15) is 4.79 Å². The van der Waals surface area contributed by atoms with Crippen LogP contribution >= 0.6 is 0 Å². The van der Waals surface area contributed by atoms with E-state index in [4.69, 9.17) is 10.6 Å². The molecule has 0 aromatic rings. The summed E-state index contributed by atoms with van der Waals surface area (Å²) in [6, 6.07) is -0.171. The first kappa shape index (κ1) is 9.73. The third-order valence-electron chi connectivity index (χ3n) is 3.31. The van der Waals surface area contributed by atoms with E-state index in [-0.39, 0.29) is 11.6 Å². The number of urea groups is 1. The van der Waals surface area contributed by atoms with Crippen LogP contribution in [0.5, 0.6) is 0 Å². The number of carbonyl (C=O) groups is 1. The zero-order valence-corrected chi connectivity index (χ0v) is 8.29. The first-order chi connectivity index (χ1) is 6.78. The van der Waals surface area contributed by atoms with Crippen molar-refractivity contribution < 1.29 is 9.53 Å². The van der Waals surface area contributed by atoms with Gasteiger partial charge in [-0.05, 0) is 12.8 Å². The smallest absolute Gasteiger partial charge is 0.332 e. The summed E-state index contributed by atoms with van der Waals surface area (Å²) in [7, 11) is 0. The Kier molecular flexibility index (Phi) is 2.60. The molecule has 0 aromatic heterocycles. The summed E-state index contributed by atoms with van der Waals surface area (Å²) in [5.41, 5.74) is 2.15. The van der Waals surface area contributed by atoms with Crippen molar-refractivity contribution >= 4 is 6.03 Å². The minimum atomic E-state index is -0.171. The molecular formula is C9H17N3O2. The highest BCUT2D eigenvalue weighted by molar-refractivity contribution is 5.74. The average molecular weight is 199 g/mol. The van der Waals surface area contributed by atoms with Gasteiger partial charge in [0.25, 0.3) is 0 Å². The van der Waals surface area contributed by atoms with Crippen LogP contribution in [-0.2, 0) is 4.74 Å². The third kappa shape index (κ3) is 1.46. The third-order valence-corrected chi connectivity index (χ3v) is 3.31. The van der Waals surface area contributed by atoms with Gasteiger partial charge in [0.05, 0.1) is 18.8 Å². The van der Waals surface area contributed by atoms with Crippen LogP contribution in [0.2, 0.25) is 0 Å². The van der Waals surface area contributed by atoms with E-state index >= 15 is 0 Å². The largest absolute Gasteiger partial charge is 0.377 e. The Morgan fingerprint density at radius 3 is 2.79 bits per heavy atom. The van der Waals surface area contributed by atoms with Crippen molar-refractivity contribution in [2.45, 2.75) is 31.2 Å². The summed E-state index contributed by atoms with van der Waals surface area (Å²) < 4.78 is 5.47. The number of morpholine rings is 1. The molecule has 2 fully saturated rings. The van der Waals surface area contributed by atoms with Crippen molar-refractivity contribution in [2.75, 3.05) is 19.8 Å². The maximum atomic E-state index is 11.6. The molecule has 1 saturated carbocycles. The summed E-state index contributed by atoms with van der Waals surface area (Å²) in [5, 5.41) is 0. The number of hydrogen-bond acceptors (Lipinski definition) is 3. The highest BCUT2D eigenvalue weighted by Crippen LogP contribution is 2.37. The van der Waals surface area contributed by atoms with Crippen LogP contribution in [0, 0.1) is 0 Å². The van der Waals surface area contributed by atoms with Crippen LogP contribution in [0.1, 0.15) is 25.7 Å². The second-order valence-electron chi connectivity index (χ2n) is 4.09. The second kappa shape index (κ2) is 3.74.